The molecule has 2 heterocycles. The van der Waals surface area contributed by atoms with E-state index in [1.807, 2.05) is 23.6 Å². The number of nitrogens with one attached hydrogen (secondary N) is 1. The van der Waals surface area contributed by atoms with Crippen LogP contribution in [0.15, 0.2) is 24.3 Å². The number of hydrogen-bond donors (Lipinski definition) is 1. The molecule has 1 aromatic carbocycles. The Morgan fingerprint density at radius 1 is 1.07 bits per heavy atom. The van der Waals surface area contributed by atoms with Crippen LogP contribution in [0.3, 0.4) is 0 Å². The maximum Gasteiger partial charge on any atom is 0.416 e. The molecule has 6 nitrogen and oxygen atoms in total. The Labute approximate surface area is 174 Å². The van der Waals surface area contributed by atoms with Crippen LogP contribution in [-0.4, -0.2) is 66.5 Å². The molecule has 0 saturated carbocycles. The lowest BCUT2D eigenvalue weighted by Crippen LogP contribution is -2.51. The quantitative estimate of drug-likeness (QED) is 0.803. The van der Waals surface area contributed by atoms with Crippen molar-refractivity contribution in [2.24, 2.45) is 5.92 Å². The monoisotopic (exact) mass is 427 g/mol. The molecule has 2 saturated heterocycles. The molecule has 3 rings (SSSR count). The van der Waals surface area contributed by atoms with Crippen molar-refractivity contribution in [3.05, 3.63) is 29.8 Å². The minimum absolute atomic E-state index is 0.0340. The van der Waals surface area contributed by atoms with Crippen LogP contribution >= 0.6 is 0 Å². The van der Waals surface area contributed by atoms with Crippen molar-refractivity contribution >= 4 is 17.5 Å². The maximum atomic E-state index is 12.8. The average Bonchev–Trinajstić information content (AvgIpc) is 2.67. The third-order valence-corrected chi connectivity index (χ3v) is 5.53. The molecule has 30 heavy (non-hydrogen) atoms. The first-order chi connectivity index (χ1) is 14.1. The summed E-state index contributed by atoms with van der Waals surface area (Å²) in [6, 6.07) is 4.38. The van der Waals surface area contributed by atoms with Gasteiger partial charge in [-0.3, -0.25) is 14.5 Å². The number of nitrogens with zero attached hydrogens (tertiary/aromatic N) is 2. The number of anilines is 1. The number of carbonyl (C=O) groups is 2. The minimum Gasteiger partial charge on any atom is -0.372 e. The van der Waals surface area contributed by atoms with E-state index in [0.29, 0.717) is 44.7 Å². The minimum atomic E-state index is -4.40. The molecule has 0 spiro atoms. The van der Waals surface area contributed by atoms with Gasteiger partial charge in [0.25, 0.3) is 0 Å². The third-order valence-electron chi connectivity index (χ3n) is 5.53. The standard InChI is InChI=1S/C21H28F3N3O3/c1-14-11-27(12-15(2)30-14)20(29)16-7-9-26(10-8-16)13-19(28)25-18-5-3-17(4-6-18)21(22,23)24/h3-6,14-16H,7-13H2,1-2H3,(H,25,28). The number of likely N-dealkylation sites (tertiary alicyclic amines) is 1. The summed E-state index contributed by atoms with van der Waals surface area (Å²) in [5.41, 5.74) is -0.426. The van der Waals surface area contributed by atoms with Crippen LogP contribution in [0.5, 0.6) is 0 Å². The van der Waals surface area contributed by atoms with E-state index in [0.717, 1.165) is 12.1 Å². The van der Waals surface area contributed by atoms with Crippen LogP contribution in [0.4, 0.5) is 18.9 Å². The topological polar surface area (TPSA) is 61.9 Å². The molecular formula is C21H28F3N3O3. The summed E-state index contributed by atoms with van der Waals surface area (Å²) in [6.07, 6.45) is -2.96. The second kappa shape index (κ2) is 9.34. The summed E-state index contributed by atoms with van der Waals surface area (Å²) < 4.78 is 43.5. The molecule has 2 fully saturated rings. The fourth-order valence-electron chi connectivity index (χ4n) is 4.10. The van der Waals surface area contributed by atoms with Gasteiger partial charge in [-0.25, -0.2) is 0 Å². The van der Waals surface area contributed by atoms with E-state index in [4.69, 9.17) is 4.74 Å². The highest BCUT2D eigenvalue weighted by Crippen LogP contribution is 2.30. The van der Waals surface area contributed by atoms with Gasteiger partial charge in [0.2, 0.25) is 11.8 Å². The van der Waals surface area contributed by atoms with Crippen LogP contribution in [0.25, 0.3) is 0 Å². The van der Waals surface area contributed by atoms with Gasteiger partial charge in [0.15, 0.2) is 0 Å². The first kappa shape index (κ1) is 22.6. The summed E-state index contributed by atoms with van der Waals surface area (Å²) >= 11 is 0. The molecule has 2 aliphatic heterocycles. The zero-order chi connectivity index (χ0) is 21.9. The van der Waals surface area contributed by atoms with E-state index in [-0.39, 0.29) is 36.5 Å². The molecule has 2 amide bonds. The van der Waals surface area contributed by atoms with Gasteiger partial charge in [-0.2, -0.15) is 13.2 Å². The van der Waals surface area contributed by atoms with Crippen LogP contribution in [0.2, 0.25) is 0 Å². The highest BCUT2D eigenvalue weighted by atomic mass is 19.4. The van der Waals surface area contributed by atoms with Gasteiger partial charge in [0.05, 0.1) is 24.3 Å². The lowest BCUT2D eigenvalue weighted by atomic mass is 9.94. The normalized spacial score (nSPS) is 24.0. The maximum absolute atomic E-state index is 12.8. The summed E-state index contributed by atoms with van der Waals surface area (Å²) in [4.78, 5) is 28.9. The van der Waals surface area contributed by atoms with Gasteiger partial charge in [-0.1, -0.05) is 0 Å². The second-order valence-corrected chi connectivity index (χ2v) is 8.17. The van der Waals surface area contributed by atoms with E-state index < -0.39 is 11.7 Å². The predicted molar refractivity (Wildman–Crippen MR) is 106 cm³/mol. The summed E-state index contributed by atoms with van der Waals surface area (Å²) in [5, 5.41) is 2.63. The van der Waals surface area contributed by atoms with E-state index in [1.165, 1.54) is 12.1 Å². The van der Waals surface area contributed by atoms with Crippen LogP contribution < -0.4 is 5.32 Å². The highest BCUT2D eigenvalue weighted by molar-refractivity contribution is 5.92. The second-order valence-electron chi connectivity index (χ2n) is 8.17. The van der Waals surface area contributed by atoms with Crippen molar-refractivity contribution in [1.82, 2.24) is 9.80 Å². The number of piperidine rings is 1. The molecule has 1 aromatic rings. The molecule has 2 unspecified atom stereocenters. The van der Waals surface area contributed by atoms with Gasteiger partial charge in [-0.05, 0) is 64.0 Å². The van der Waals surface area contributed by atoms with E-state index in [1.54, 1.807) is 0 Å². The highest BCUT2D eigenvalue weighted by Gasteiger charge is 2.33. The lowest BCUT2D eigenvalue weighted by molar-refractivity contribution is -0.148. The number of halogens is 3. The smallest absolute Gasteiger partial charge is 0.372 e. The predicted octanol–water partition coefficient (Wildman–Crippen LogP) is 2.99. The Balaban J connectivity index is 1.44. The molecular weight excluding hydrogens is 399 g/mol. The third kappa shape index (κ3) is 5.95. The number of amides is 2. The summed E-state index contributed by atoms with van der Waals surface area (Å²) in [6.45, 7) is 6.56. The number of carbonyl (C=O) groups excluding carboxylic acids is 2. The van der Waals surface area contributed by atoms with E-state index >= 15 is 0 Å². The lowest BCUT2D eigenvalue weighted by Gasteiger charge is -2.39. The van der Waals surface area contributed by atoms with E-state index in [2.05, 4.69) is 5.32 Å². The van der Waals surface area contributed by atoms with Crippen LogP contribution in [0, 0.1) is 5.92 Å². The molecule has 1 N–H and O–H groups in total. The Morgan fingerprint density at radius 3 is 2.17 bits per heavy atom. The number of hydrogen-bond acceptors (Lipinski definition) is 4. The first-order valence-corrected chi connectivity index (χ1v) is 10.3. The van der Waals surface area contributed by atoms with E-state index in [9.17, 15) is 22.8 Å². The fraction of sp³-hybridized carbons (Fsp3) is 0.619. The van der Waals surface area contributed by atoms with Gasteiger partial charge < -0.3 is 15.0 Å². The van der Waals surface area contributed by atoms with Crippen LogP contribution in [0.1, 0.15) is 32.3 Å². The van der Waals surface area contributed by atoms with Crippen LogP contribution in [-0.2, 0) is 20.5 Å². The van der Waals surface area contributed by atoms with Crippen molar-refractivity contribution in [2.45, 2.75) is 45.1 Å². The fourth-order valence-corrected chi connectivity index (χ4v) is 4.10. The zero-order valence-corrected chi connectivity index (χ0v) is 17.2. The van der Waals surface area contributed by atoms with Crippen molar-refractivity contribution in [3.8, 4) is 0 Å². The van der Waals surface area contributed by atoms with Crippen molar-refractivity contribution < 1.29 is 27.5 Å². The van der Waals surface area contributed by atoms with Gasteiger partial charge in [0.1, 0.15) is 0 Å². The first-order valence-electron chi connectivity index (χ1n) is 10.3. The molecule has 0 aliphatic carbocycles. The molecule has 9 heteroatoms. The number of rotatable bonds is 4. The number of morpholine rings is 1. The Bertz CT molecular complexity index is 736. The van der Waals surface area contributed by atoms with Crippen molar-refractivity contribution in [1.29, 1.82) is 0 Å². The molecule has 0 bridgehead atoms. The number of benzene rings is 1. The molecule has 0 aromatic heterocycles. The summed E-state index contributed by atoms with van der Waals surface area (Å²) in [5.74, 6) is -0.169. The molecule has 166 valence electrons. The SMILES string of the molecule is CC1CN(C(=O)C2CCN(CC(=O)Nc3ccc(C(F)(F)F)cc3)CC2)CC(C)O1. The summed E-state index contributed by atoms with van der Waals surface area (Å²) in [7, 11) is 0. The number of alkyl halides is 3. The van der Waals surface area contributed by atoms with Crippen molar-refractivity contribution in [2.75, 3.05) is 38.0 Å². The number of ether oxygens (including phenoxy) is 1. The average molecular weight is 427 g/mol. The molecule has 2 aliphatic rings. The Hall–Kier alpha value is -2.13. The van der Waals surface area contributed by atoms with Gasteiger partial charge in [-0.15, -0.1) is 0 Å². The zero-order valence-electron chi connectivity index (χ0n) is 17.2. The molecule has 0 radical (unpaired) electrons. The Morgan fingerprint density at radius 2 is 1.63 bits per heavy atom. The molecule has 2 atom stereocenters. The Kier molecular flexibility index (Phi) is 7.02. The van der Waals surface area contributed by atoms with Gasteiger partial charge in [0, 0.05) is 24.7 Å². The van der Waals surface area contributed by atoms with Crippen molar-refractivity contribution in [3.63, 3.8) is 0 Å². The van der Waals surface area contributed by atoms with Gasteiger partial charge >= 0.3 is 6.18 Å². The largest absolute Gasteiger partial charge is 0.416 e.